The average molecular weight is 432 g/mol. The predicted octanol–water partition coefficient (Wildman–Crippen LogP) is 4.31. The van der Waals surface area contributed by atoms with E-state index in [0.29, 0.717) is 56.7 Å². The summed E-state index contributed by atoms with van der Waals surface area (Å²) in [6.07, 6.45) is 2.94. The Morgan fingerprint density at radius 2 is 1.90 bits per heavy atom. The number of rotatable bonds is 7. The lowest BCUT2D eigenvalue weighted by atomic mass is 9.88. The van der Waals surface area contributed by atoms with Gasteiger partial charge in [0.15, 0.2) is 22.3 Å². The van der Waals surface area contributed by atoms with E-state index < -0.39 is 5.97 Å². The second-order valence-electron chi connectivity index (χ2n) is 6.86. The molecule has 0 aliphatic heterocycles. The van der Waals surface area contributed by atoms with E-state index in [1.165, 1.54) is 7.11 Å². The van der Waals surface area contributed by atoms with Gasteiger partial charge in [0.2, 0.25) is 0 Å². The van der Waals surface area contributed by atoms with Crippen LogP contribution in [0.5, 0.6) is 22.3 Å². The minimum atomic E-state index is -0.436. The third kappa shape index (κ3) is 4.28. The average Bonchev–Trinajstić information content (AvgIpc) is 3.09. The van der Waals surface area contributed by atoms with Crippen molar-refractivity contribution in [3.8, 4) is 22.3 Å². The standard InChI is InChI=1S/C22H25NO6S/c1-6-28-21(25)20-15-9-7-13(12-23(2)3)19(24)18(15)22(30-20)29-14-8-10-16(26-4)17(11-14)27-5/h8,10-12H,6-7,9H2,1-5H3/b13-12-. The fourth-order valence-corrected chi connectivity index (χ4v) is 4.41. The van der Waals surface area contributed by atoms with Crippen LogP contribution in [0.1, 0.15) is 38.9 Å². The van der Waals surface area contributed by atoms with Gasteiger partial charge in [-0.25, -0.2) is 4.79 Å². The number of allylic oxidation sites excluding steroid dienone is 1. The van der Waals surface area contributed by atoms with Crippen molar-refractivity contribution in [1.82, 2.24) is 4.90 Å². The van der Waals surface area contributed by atoms with Gasteiger partial charge < -0.3 is 23.8 Å². The molecule has 0 atom stereocenters. The van der Waals surface area contributed by atoms with Gasteiger partial charge in [0.25, 0.3) is 0 Å². The van der Waals surface area contributed by atoms with E-state index in [4.69, 9.17) is 18.9 Å². The summed E-state index contributed by atoms with van der Waals surface area (Å²) in [7, 11) is 6.83. The molecule has 0 unspecified atom stereocenters. The summed E-state index contributed by atoms with van der Waals surface area (Å²) in [6, 6.07) is 5.12. The first kappa shape index (κ1) is 21.7. The minimum Gasteiger partial charge on any atom is -0.493 e. The maximum Gasteiger partial charge on any atom is 0.348 e. The summed E-state index contributed by atoms with van der Waals surface area (Å²) >= 11 is 1.14. The van der Waals surface area contributed by atoms with Gasteiger partial charge in [0, 0.05) is 31.9 Å². The molecule has 0 N–H and O–H groups in total. The normalized spacial score (nSPS) is 14.3. The molecule has 1 aliphatic carbocycles. The molecule has 3 rings (SSSR count). The molecule has 0 spiro atoms. The molecule has 2 aromatic rings. The molecule has 1 aromatic heterocycles. The quantitative estimate of drug-likeness (QED) is 0.478. The largest absolute Gasteiger partial charge is 0.493 e. The first-order valence-corrected chi connectivity index (χ1v) is 10.4. The maximum absolute atomic E-state index is 13.2. The van der Waals surface area contributed by atoms with E-state index in [9.17, 15) is 9.59 Å². The van der Waals surface area contributed by atoms with Crippen LogP contribution in [0, 0.1) is 0 Å². The Labute approximate surface area is 179 Å². The maximum atomic E-state index is 13.2. The van der Waals surface area contributed by atoms with Crippen LogP contribution >= 0.6 is 11.3 Å². The number of hydrogen-bond acceptors (Lipinski definition) is 8. The first-order valence-electron chi connectivity index (χ1n) is 9.54. The molecular weight excluding hydrogens is 406 g/mol. The smallest absolute Gasteiger partial charge is 0.348 e. The van der Waals surface area contributed by atoms with E-state index >= 15 is 0 Å². The molecule has 160 valence electrons. The minimum absolute atomic E-state index is 0.132. The summed E-state index contributed by atoms with van der Waals surface area (Å²) in [5.74, 6) is 0.979. The van der Waals surface area contributed by atoms with Crippen molar-refractivity contribution in [2.75, 3.05) is 34.9 Å². The van der Waals surface area contributed by atoms with E-state index in [1.54, 1.807) is 32.2 Å². The molecule has 7 nitrogen and oxygen atoms in total. The van der Waals surface area contributed by atoms with Gasteiger partial charge in [-0.2, -0.15) is 0 Å². The summed E-state index contributed by atoms with van der Waals surface area (Å²) in [6.45, 7) is 2.01. The van der Waals surface area contributed by atoms with E-state index in [2.05, 4.69) is 0 Å². The SMILES string of the molecule is CCOC(=O)c1sc(Oc2ccc(OC)c(OC)c2)c2c1CC/C(=C/N(C)C)C2=O. The van der Waals surface area contributed by atoms with Crippen LogP contribution < -0.4 is 14.2 Å². The zero-order valence-electron chi connectivity index (χ0n) is 17.7. The highest BCUT2D eigenvalue weighted by Gasteiger charge is 2.34. The molecule has 30 heavy (non-hydrogen) atoms. The Morgan fingerprint density at radius 3 is 2.53 bits per heavy atom. The third-order valence-corrected chi connectivity index (χ3v) is 5.67. The van der Waals surface area contributed by atoms with E-state index in [1.807, 2.05) is 25.2 Å². The summed E-state index contributed by atoms with van der Waals surface area (Å²) in [4.78, 5) is 28.0. The van der Waals surface area contributed by atoms with Crippen molar-refractivity contribution >= 4 is 23.1 Å². The fourth-order valence-electron chi connectivity index (χ4n) is 3.30. The van der Waals surface area contributed by atoms with Gasteiger partial charge in [-0.05, 0) is 37.5 Å². The number of methoxy groups -OCH3 is 2. The van der Waals surface area contributed by atoms with Gasteiger partial charge in [-0.3, -0.25) is 4.79 Å². The van der Waals surface area contributed by atoms with Crippen molar-refractivity contribution in [2.45, 2.75) is 19.8 Å². The van der Waals surface area contributed by atoms with Crippen LogP contribution in [-0.4, -0.2) is 51.6 Å². The highest BCUT2D eigenvalue weighted by molar-refractivity contribution is 7.16. The Balaban J connectivity index is 2.06. The Bertz CT molecular complexity index is 992. The van der Waals surface area contributed by atoms with E-state index in [0.717, 1.165) is 11.3 Å². The zero-order valence-corrected chi connectivity index (χ0v) is 18.6. The van der Waals surface area contributed by atoms with Gasteiger partial charge in [0.05, 0.1) is 26.4 Å². The molecule has 1 heterocycles. The molecule has 0 fully saturated rings. The number of carbonyl (C=O) groups is 2. The van der Waals surface area contributed by atoms with Crippen molar-refractivity contribution in [2.24, 2.45) is 0 Å². The number of benzene rings is 1. The lowest BCUT2D eigenvalue weighted by Gasteiger charge is -2.18. The summed E-state index contributed by atoms with van der Waals surface area (Å²) in [5, 5.41) is 0.370. The van der Waals surface area contributed by atoms with Crippen LogP contribution in [0.3, 0.4) is 0 Å². The number of hydrogen-bond donors (Lipinski definition) is 0. The number of ether oxygens (including phenoxy) is 4. The fraction of sp³-hybridized carbons (Fsp3) is 0.364. The lowest BCUT2D eigenvalue weighted by Crippen LogP contribution is -2.18. The Morgan fingerprint density at radius 1 is 1.17 bits per heavy atom. The van der Waals surface area contributed by atoms with Gasteiger partial charge in [0.1, 0.15) is 10.6 Å². The number of Topliss-reactive ketones (excluding diaryl/α,β-unsaturated/α-hetero) is 1. The van der Waals surface area contributed by atoms with Crippen molar-refractivity contribution in [1.29, 1.82) is 0 Å². The molecule has 1 aromatic carbocycles. The van der Waals surface area contributed by atoms with Gasteiger partial charge in [-0.15, -0.1) is 0 Å². The molecule has 0 saturated carbocycles. The first-order chi connectivity index (χ1) is 14.4. The topological polar surface area (TPSA) is 74.3 Å². The van der Waals surface area contributed by atoms with Crippen molar-refractivity contribution < 1.29 is 28.5 Å². The number of esters is 1. The number of thiophene rings is 1. The second kappa shape index (κ2) is 9.21. The van der Waals surface area contributed by atoms with Crippen LogP contribution in [0.15, 0.2) is 30.0 Å². The summed E-state index contributed by atoms with van der Waals surface area (Å²) < 4.78 is 21.8. The Kier molecular flexibility index (Phi) is 6.66. The third-order valence-electron chi connectivity index (χ3n) is 4.58. The monoisotopic (exact) mass is 431 g/mol. The van der Waals surface area contributed by atoms with Crippen LogP contribution in [-0.2, 0) is 11.2 Å². The molecular formula is C22H25NO6S. The molecule has 0 bridgehead atoms. The predicted molar refractivity (Wildman–Crippen MR) is 114 cm³/mol. The highest BCUT2D eigenvalue weighted by Crippen LogP contribution is 2.44. The zero-order chi connectivity index (χ0) is 21.8. The molecule has 0 saturated heterocycles. The van der Waals surface area contributed by atoms with Crippen molar-refractivity contribution in [3.05, 3.63) is 46.0 Å². The lowest BCUT2D eigenvalue weighted by molar-refractivity contribution is 0.0531. The number of nitrogens with zero attached hydrogens (tertiary/aromatic N) is 1. The molecule has 0 radical (unpaired) electrons. The highest BCUT2D eigenvalue weighted by atomic mass is 32.1. The van der Waals surface area contributed by atoms with Gasteiger partial charge in [-0.1, -0.05) is 11.3 Å². The van der Waals surface area contributed by atoms with Crippen LogP contribution in [0.25, 0.3) is 0 Å². The molecule has 8 heteroatoms. The molecule has 1 aliphatic rings. The number of carbonyl (C=O) groups excluding carboxylic acids is 2. The summed E-state index contributed by atoms with van der Waals surface area (Å²) in [5.41, 5.74) is 1.80. The van der Waals surface area contributed by atoms with E-state index in [-0.39, 0.29) is 12.4 Å². The van der Waals surface area contributed by atoms with Crippen molar-refractivity contribution in [3.63, 3.8) is 0 Å². The molecule has 0 amide bonds. The number of fused-ring (bicyclic) bond motifs is 1. The van der Waals surface area contributed by atoms with Gasteiger partial charge >= 0.3 is 5.97 Å². The Hall–Kier alpha value is -3.00. The van der Waals surface area contributed by atoms with Crippen LogP contribution in [0.4, 0.5) is 0 Å². The van der Waals surface area contributed by atoms with Crippen LogP contribution in [0.2, 0.25) is 0 Å². The number of ketones is 1. The second-order valence-corrected chi connectivity index (χ2v) is 7.84.